The SMILES string of the molecule is CC(C)n1c(=O)c(-c2ccc(NS(=O)(=O)Cc3ccc(F)cc3)c(F)c2)cc2cnc(NC3CCC(NCCCF)CC3)nc21. The number of fused-ring (bicyclic) bond motifs is 1. The lowest BCUT2D eigenvalue weighted by Crippen LogP contribution is -2.37. The summed E-state index contributed by atoms with van der Waals surface area (Å²) in [6.45, 7) is 4.07. The minimum absolute atomic E-state index is 0.176. The summed E-state index contributed by atoms with van der Waals surface area (Å²) in [7, 11) is -3.99. The number of halogens is 3. The Morgan fingerprint density at radius 1 is 1.00 bits per heavy atom. The average Bonchev–Trinajstić information content (AvgIpc) is 3.00. The van der Waals surface area contributed by atoms with E-state index in [4.69, 9.17) is 0 Å². The smallest absolute Gasteiger partial charge is 0.260 e. The van der Waals surface area contributed by atoms with Gasteiger partial charge in [-0.2, -0.15) is 4.98 Å². The summed E-state index contributed by atoms with van der Waals surface area (Å²) < 4.78 is 69.8. The lowest BCUT2D eigenvalue weighted by molar-refractivity contribution is 0.344. The number of alkyl halides is 1. The summed E-state index contributed by atoms with van der Waals surface area (Å²) >= 11 is 0. The lowest BCUT2D eigenvalue weighted by atomic mass is 9.91. The standard InChI is InChI=1S/C32H37F3N6O3S/c1-20(2)41-30-23(18-37-32(39-30)38-26-11-9-25(10-12-26)36-15-3-14-33)16-27(31(41)42)22-6-13-29(28(35)17-22)40-45(43,44)19-21-4-7-24(34)8-5-21/h4-8,13,16-18,20,25-26,36,40H,3,9-12,14-15,19H2,1-2H3,(H,37,38,39). The van der Waals surface area contributed by atoms with Gasteiger partial charge in [-0.25, -0.2) is 22.2 Å². The fraction of sp³-hybridized carbons (Fsp3) is 0.406. The first-order chi connectivity index (χ1) is 21.5. The van der Waals surface area contributed by atoms with Gasteiger partial charge < -0.3 is 10.6 Å². The maximum Gasteiger partial charge on any atom is 0.260 e. The number of sulfonamides is 1. The summed E-state index contributed by atoms with van der Waals surface area (Å²) in [4.78, 5) is 22.9. The molecule has 13 heteroatoms. The normalized spacial score (nSPS) is 17.1. The van der Waals surface area contributed by atoms with E-state index < -0.39 is 27.4 Å². The maximum absolute atomic E-state index is 15.2. The van der Waals surface area contributed by atoms with Crippen molar-refractivity contribution in [3.05, 3.63) is 82.3 Å². The van der Waals surface area contributed by atoms with Crippen LogP contribution >= 0.6 is 0 Å². The zero-order valence-corrected chi connectivity index (χ0v) is 26.0. The molecule has 0 amide bonds. The van der Waals surface area contributed by atoms with E-state index in [9.17, 15) is 22.0 Å². The summed E-state index contributed by atoms with van der Waals surface area (Å²) in [5, 5.41) is 7.39. The van der Waals surface area contributed by atoms with E-state index in [1.165, 1.54) is 24.3 Å². The summed E-state index contributed by atoms with van der Waals surface area (Å²) in [5.74, 6) is -1.39. The van der Waals surface area contributed by atoms with Gasteiger partial charge in [0.05, 0.1) is 18.1 Å². The Kier molecular flexibility index (Phi) is 10.1. The van der Waals surface area contributed by atoms with Crippen molar-refractivity contribution in [2.45, 2.75) is 69.8 Å². The van der Waals surface area contributed by atoms with Gasteiger partial charge >= 0.3 is 0 Å². The number of pyridine rings is 1. The predicted octanol–water partition coefficient (Wildman–Crippen LogP) is 5.93. The van der Waals surface area contributed by atoms with Gasteiger partial charge in [0.15, 0.2) is 0 Å². The molecule has 1 aliphatic carbocycles. The molecule has 2 aromatic heterocycles. The third kappa shape index (κ3) is 8.01. The van der Waals surface area contributed by atoms with Crippen molar-refractivity contribution in [3.8, 4) is 11.1 Å². The summed E-state index contributed by atoms with van der Waals surface area (Å²) in [6, 6.07) is 10.8. The highest BCUT2D eigenvalue weighted by atomic mass is 32.2. The lowest BCUT2D eigenvalue weighted by Gasteiger charge is -2.29. The van der Waals surface area contributed by atoms with Gasteiger partial charge in [0, 0.05) is 35.3 Å². The van der Waals surface area contributed by atoms with E-state index in [1.807, 2.05) is 13.8 Å². The predicted molar refractivity (Wildman–Crippen MR) is 170 cm³/mol. The van der Waals surface area contributed by atoms with Gasteiger partial charge in [0.25, 0.3) is 5.56 Å². The summed E-state index contributed by atoms with van der Waals surface area (Å²) in [6.07, 6.45) is 5.89. The van der Waals surface area contributed by atoms with Crippen molar-refractivity contribution in [1.29, 1.82) is 0 Å². The van der Waals surface area contributed by atoms with E-state index in [0.29, 0.717) is 41.6 Å². The number of anilines is 2. The van der Waals surface area contributed by atoms with Crippen molar-refractivity contribution in [2.75, 3.05) is 23.3 Å². The van der Waals surface area contributed by atoms with Crippen molar-refractivity contribution < 1.29 is 21.6 Å². The quantitative estimate of drug-likeness (QED) is 0.164. The number of nitrogens with one attached hydrogen (secondary N) is 3. The minimum Gasteiger partial charge on any atom is -0.351 e. The van der Waals surface area contributed by atoms with Crippen LogP contribution in [-0.2, 0) is 15.8 Å². The Labute approximate surface area is 260 Å². The molecule has 2 heterocycles. The van der Waals surface area contributed by atoms with Crippen LogP contribution in [0.2, 0.25) is 0 Å². The van der Waals surface area contributed by atoms with Gasteiger partial charge in [0.1, 0.15) is 17.3 Å². The first kappa shape index (κ1) is 32.4. The van der Waals surface area contributed by atoms with E-state index in [-0.39, 0.29) is 41.1 Å². The van der Waals surface area contributed by atoms with Crippen LogP contribution in [0.5, 0.6) is 0 Å². The molecule has 0 aliphatic heterocycles. The molecule has 2 aromatic carbocycles. The maximum atomic E-state index is 15.2. The number of nitrogens with zero attached hydrogens (tertiary/aromatic N) is 3. The number of hydrogen-bond donors (Lipinski definition) is 3. The number of rotatable bonds is 12. The fourth-order valence-corrected chi connectivity index (χ4v) is 6.85. The molecular weight excluding hydrogens is 605 g/mol. The van der Waals surface area contributed by atoms with Gasteiger partial charge in [-0.3, -0.25) is 18.5 Å². The fourth-order valence-electron chi connectivity index (χ4n) is 5.64. The monoisotopic (exact) mass is 642 g/mol. The molecule has 4 aromatic rings. The third-order valence-corrected chi connectivity index (χ3v) is 9.15. The Bertz CT molecular complexity index is 1810. The molecule has 3 N–H and O–H groups in total. The van der Waals surface area contributed by atoms with Crippen LogP contribution in [-0.4, -0.2) is 48.3 Å². The van der Waals surface area contributed by atoms with Gasteiger partial charge in [-0.1, -0.05) is 18.2 Å². The van der Waals surface area contributed by atoms with Crippen LogP contribution in [0.25, 0.3) is 22.2 Å². The second-order valence-electron chi connectivity index (χ2n) is 11.7. The first-order valence-electron chi connectivity index (χ1n) is 15.1. The Morgan fingerprint density at radius 3 is 2.38 bits per heavy atom. The van der Waals surface area contributed by atoms with Crippen molar-refractivity contribution in [1.82, 2.24) is 19.9 Å². The molecule has 0 spiro atoms. The third-order valence-electron chi connectivity index (χ3n) is 7.91. The second kappa shape index (κ2) is 14.0. The molecule has 5 rings (SSSR count). The van der Waals surface area contributed by atoms with E-state index in [0.717, 1.165) is 43.9 Å². The highest BCUT2D eigenvalue weighted by Crippen LogP contribution is 2.28. The molecule has 0 atom stereocenters. The molecule has 0 radical (unpaired) electrons. The number of aromatic nitrogens is 3. The first-order valence-corrected chi connectivity index (χ1v) is 16.7. The largest absolute Gasteiger partial charge is 0.351 e. The van der Waals surface area contributed by atoms with Crippen LogP contribution in [0.1, 0.15) is 57.6 Å². The molecule has 1 fully saturated rings. The van der Waals surface area contributed by atoms with Gasteiger partial charge in [-0.15, -0.1) is 0 Å². The average molecular weight is 643 g/mol. The number of hydrogen-bond acceptors (Lipinski definition) is 7. The minimum atomic E-state index is -3.99. The van der Waals surface area contributed by atoms with E-state index in [2.05, 4.69) is 25.3 Å². The molecule has 45 heavy (non-hydrogen) atoms. The van der Waals surface area contributed by atoms with Crippen molar-refractivity contribution in [2.24, 2.45) is 0 Å². The molecule has 1 aliphatic rings. The molecule has 1 saturated carbocycles. The van der Waals surface area contributed by atoms with Crippen molar-refractivity contribution >= 4 is 32.7 Å². The van der Waals surface area contributed by atoms with Crippen LogP contribution in [0.4, 0.5) is 24.8 Å². The summed E-state index contributed by atoms with van der Waals surface area (Å²) in [5.41, 5.74) is 0.648. The Morgan fingerprint density at radius 2 is 1.71 bits per heavy atom. The molecule has 0 bridgehead atoms. The van der Waals surface area contributed by atoms with Crippen LogP contribution in [0, 0.1) is 11.6 Å². The Balaban J connectivity index is 1.35. The molecule has 0 saturated heterocycles. The van der Waals surface area contributed by atoms with Crippen LogP contribution < -0.4 is 20.9 Å². The van der Waals surface area contributed by atoms with Crippen LogP contribution in [0.15, 0.2) is 59.5 Å². The number of benzene rings is 2. The van der Waals surface area contributed by atoms with Gasteiger partial charge in [-0.05, 0) is 94.0 Å². The highest BCUT2D eigenvalue weighted by Gasteiger charge is 2.23. The highest BCUT2D eigenvalue weighted by molar-refractivity contribution is 7.91. The van der Waals surface area contributed by atoms with Gasteiger partial charge in [0.2, 0.25) is 16.0 Å². The van der Waals surface area contributed by atoms with E-state index >= 15 is 4.39 Å². The zero-order valence-electron chi connectivity index (χ0n) is 25.2. The molecule has 9 nitrogen and oxygen atoms in total. The molecular formula is C32H37F3N6O3S. The molecule has 240 valence electrons. The van der Waals surface area contributed by atoms with Crippen LogP contribution in [0.3, 0.4) is 0 Å². The van der Waals surface area contributed by atoms with E-state index in [1.54, 1.807) is 16.8 Å². The zero-order chi connectivity index (χ0) is 32.1. The second-order valence-corrected chi connectivity index (χ2v) is 13.4. The molecule has 0 unspecified atom stereocenters. The Hall–Kier alpha value is -3.97. The topological polar surface area (TPSA) is 118 Å². The van der Waals surface area contributed by atoms with Crippen molar-refractivity contribution in [3.63, 3.8) is 0 Å².